The zero-order valence-corrected chi connectivity index (χ0v) is 15.1. The number of halogens is 2. The highest BCUT2D eigenvalue weighted by Crippen LogP contribution is 2.24. The summed E-state index contributed by atoms with van der Waals surface area (Å²) in [5.41, 5.74) is 0.667. The molecule has 1 heterocycles. The largest absolute Gasteiger partial charge is 0.353 e. The molecule has 1 amide bonds. The van der Waals surface area contributed by atoms with Gasteiger partial charge in [-0.15, -0.1) is 12.4 Å². The minimum Gasteiger partial charge on any atom is -0.353 e. The molecule has 0 saturated carbocycles. The Kier molecular flexibility index (Phi) is 7.17. The Morgan fingerprint density at radius 3 is 2.82 bits per heavy atom. The Labute approximate surface area is 144 Å². The van der Waals surface area contributed by atoms with E-state index in [2.05, 4.69) is 17.6 Å². The van der Waals surface area contributed by atoms with Gasteiger partial charge in [-0.3, -0.25) is 4.79 Å². The molecular weight excluding hydrogens is 319 g/mol. The van der Waals surface area contributed by atoms with Crippen LogP contribution in [0, 0.1) is 5.41 Å². The molecule has 1 aliphatic heterocycles. The van der Waals surface area contributed by atoms with Crippen molar-refractivity contribution in [1.82, 2.24) is 10.6 Å². The van der Waals surface area contributed by atoms with Crippen molar-refractivity contribution in [2.24, 2.45) is 5.41 Å². The first-order chi connectivity index (χ1) is 9.87. The van der Waals surface area contributed by atoms with Gasteiger partial charge in [0.25, 0.3) is 0 Å². The van der Waals surface area contributed by atoms with Crippen LogP contribution in [0.2, 0.25) is 5.02 Å². The molecule has 0 aromatic heterocycles. The average molecular weight is 345 g/mol. The summed E-state index contributed by atoms with van der Waals surface area (Å²) < 4.78 is 0. The number of carbonyl (C=O) groups excluding carboxylic acids is 1. The topological polar surface area (TPSA) is 41.1 Å². The molecule has 5 heteroatoms. The van der Waals surface area contributed by atoms with E-state index in [9.17, 15) is 4.79 Å². The van der Waals surface area contributed by atoms with Gasteiger partial charge in [0.2, 0.25) is 5.91 Å². The van der Waals surface area contributed by atoms with E-state index in [1.807, 2.05) is 38.1 Å². The summed E-state index contributed by atoms with van der Waals surface area (Å²) >= 11 is 6.02. The van der Waals surface area contributed by atoms with Crippen LogP contribution in [0.3, 0.4) is 0 Å². The summed E-state index contributed by atoms with van der Waals surface area (Å²) in [5, 5.41) is 7.33. The first kappa shape index (κ1) is 19.3. The average Bonchev–Trinajstić information content (AvgIpc) is 2.38. The van der Waals surface area contributed by atoms with Crippen LogP contribution in [-0.4, -0.2) is 24.5 Å². The van der Waals surface area contributed by atoms with Crippen LogP contribution in [0.15, 0.2) is 24.3 Å². The lowest BCUT2D eigenvalue weighted by molar-refractivity contribution is -0.130. The molecule has 2 unspecified atom stereocenters. The highest BCUT2D eigenvalue weighted by molar-refractivity contribution is 6.30. The van der Waals surface area contributed by atoms with Crippen LogP contribution in [0.4, 0.5) is 0 Å². The maximum atomic E-state index is 12.6. The van der Waals surface area contributed by atoms with Crippen molar-refractivity contribution in [2.75, 3.05) is 6.54 Å². The van der Waals surface area contributed by atoms with E-state index in [0.717, 1.165) is 30.0 Å². The molecule has 22 heavy (non-hydrogen) atoms. The summed E-state index contributed by atoms with van der Waals surface area (Å²) in [4.78, 5) is 12.6. The van der Waals surface area contributed by atoms with E-state index in [1.165, 1.54) is 0 Å². The number of benzene rings is 1. The van der Waals surface area contributed by atoms with Crippen molar-refractivity contribution in [3.05, 3.63) is 34.9 Å². The minimum atomic E-state index is -0.432. The van der Waals surface area contributed by atoms with Crippen LogP contribution in [0.25, 0.3) is 0 Å². The standard InChI is InChI=1S/C17H25ClN2O.ClH/c1-12-9-15(7-8-19-12)20-16(21)17(2,3)11-13-5-4-6-14(18)10-13;/h4-6,10,12,15,19H,7-9,11H2,1-3H3,(H,20,21);1H. The van der Waals surface area contributed by atoms with Crippen molar-refractivity contribution in [1.29, 1.82) is 0 Å². The lowest BCUT2D eigenvalue weighted by Crippen LogP contribution is -2.50. The predicted octanol–water partition coefficient (Wildman–Crippen LogP) is 3.59. The minimum absolute atomic E-state index is 0. The Balaban J connectivity index is 0.00000242. The number of carbonyl (C=O) groups is 1. The van der Waals surface area contributed by atoms with E-state index in [-0.39, 0.29) is 24.4 Å². The van der Waals surface area contributed by atoms with E-state index < -0.39 is 5.41 Å². The number of nitrogens with one attached hydrogen (secondary N) is 2. The van der Waals surface area contributed by atoms with Crippen molar-refractivity contribution >= 4 is 29.9 Å². The molecule has 1 aromatic carbocycles. The van der Waals surface area contributed by atoms with Crippen molar-refractivity contribution in [2.45, 2.75) is 52.1 Å². The molecule has 1 aliphatic rings. The molecule has 2 atom stereocenters. The van der Waals surface area contributed by atoms with Crippen LogP contribution in [-0.2, 0) is 11.2 Å². The number of hydrogen-bond donors (Lipinski definition) is 2. The summed E-state index contributed by atoms with van der Waals surface area (Å²) in [6.07, 6.45) is 2.70. The molecule has 1 fully saturated rings. The van der Waals surface area contributed by atoms with Crippen molar-refractivity contribution < 1.29 is 4.79 Å². The van der Waals surface area contributed by atoms with Crippen LogP contribution in [0.1, 0.15) is 39.2 Å². The predicted molar refractivity (Wildman–Crippen MR) is 94.8 cm³/mol. The summed E-state index contributed by atoms with van der Waals surface area (Å²) in [6, 6.07) is 8.50. The SMILES string of the molecule is CC1CC(NC(=O)C(C)(C)Cc2cccc(Cl)c2)CCN1.Cl. The van der Waals surface area contributed by atoms with E-state index in [1.54, 1.807) is 0 Å². The zero-order valence-electron chi connectivity index (χ0n) is 13.5. The van der Waals surface area contributed by atoms with Gasteiger partial charge in [-0.1, -0.05) is 37.6 Å². The van der Waals surface area contributed by atoms with E-state index in [4.69, 9.17) is 11.6 Å². The normalized spacial score (nSPS) is 21.8. The molecule has 1 aromatic rings. The maximum absolute atomic E-state index is 12.6. The highest BCUT2D eigenvalue weighted by Gasteiger charge is 2.30. The first-order valence-corrected chi connectivity index (χ1v) is 8.03. The van der Waals surface area contributed by atoms with E-state index >= 15 is 0 Å². The summed E-state index contributed by atoms with van der Waals surface area (Å²) in [6.45, 7) is 7.12. The molecule has 2 N–H and O–H groups in total. The smallest absolute Gasteiger partial charge is 0.226 e. The fourth-order valence-corrected chi connectivity index (χ4v) is 3.09. The molecule has 1 saturated heterocycles. The highest BCUT2D eigenvalue weighted by atomic mass is 35.5. The first-order valence-electron chi connectivity index (χ1n) is 7.65. The summed E-state index contributed by atoms with van der Waals surface area (Å²) in [5.74, 6) is 0.126. The third-order valence-corrected chi connectivity index (χ3v) is 4.34. The van der Waals surface area contributed by atoms with Gasteiger partial charge >= 0.3 is 0 Å². The van der Waals surface area contributed by atoms with Gasteiger partial charge in [0.1, 0.15) is 0 Å². The van der Waals surface area contributed by atoms with Gasteiger partial charge in [-0.25, -0.2) is 0 Å². The van der Waals surface area contributed by atoms with Crippen molar-refractivity contribution in [3.63, 3.8) is 0 Å². The quantitative estimate of drug-likeness (QED) is 0.876. The van der Waals surface area contributed by atoms with Gasteiger partial charge in [0.15, 0.2) is 0 Å². The molecule has 0 spiro atoms. The Morgan fingerprint density at radius 1 is 1.45 bits per heavy atom. The molecule has 124 valence electrons. The fraction of sp³-hybridized carbons (Fsp3) is 0.588. The van der Waals surface area contributed by atoms with Gasteiger partial charge in [-0.2, -0.15) is 0 Å². The molecule has 3 nitrogen and oxygen atoms in total. The second-order valence-corrected chi connectivity index (χ2v) is 7.18. The second-order valence-electron chi connectivity index (χ2n) is 6.74. The second kappa shape index (κ2) is 8.19. The third kappa shape index (κ3) is 5.45. The van der Waals surface area contributed by atoms with E-state index in [0.29, 0.717) is 12.5 Å². The number of hydrogen-bond acceptors (Lipinski definition) is 2. The van der Waals surface area contributed by atoms with Crippen LogP contribution >= 0.6 is 24.0 Å². The Bertz CT molecular complexity index is 505. The Hall–Kier alpha value is -0.770. The van der Waals surface area contributed by atoms with Crippen LogP contribution < -0.4 is 10.6 Å². The van der Waals surface area contributed by atoms with Gasteiger partial charge in [-0.05, 0) is 50.4 Å². The van der Waals surface area contributed by atoms with Gasteiger partial charge < -0.3 is 10.6 Å². The lowest BCUT2D eigenvalue weighted by atomic mass is 9.84. The molecule has 2 rings (SSSR count). The molecule has 0 bridgehead atoms. The monoisotopic (exact) mass is 344 g/mol. The van der Waals surface area contributed by atoms with Gasteiger partial charge in [0.05, 0.1) is 0 Å². The third-order valence-electron chi connectivity index (χ3n) is 4.11. The molecular formula is C17H26Cl2N2O. The molecule has 0 aliphatic carbocycles. The number of amides is 1. The number of piperidine rings is 1. The summed E-state index contributed by atoms with van der Waals surface area (Å²) in [7, 11) is 0. The maximum Gasteiger partial charge on any atom is 0.226 e. The number of rotatable bonds is 4. The molecule has 0 radical (unpaired) electrons. The lowest BCUT2D eigenvalue weighted by Gasteiger charge is -2.32. The van der Waals surface area contributed by atoms with Crippen molar-refractivity contribution in [3.8, 4) is 0 Å². The Morgan fingerprint density at radius 2 is 2.18 bits per heavy atom. The zero-order chi connectivity index (χ0) is 15.5. The van der Waals surface area contributed by atoms with Crippen LogP contribution in [0.5, 0.6) is 0 Å². The fourth-order valence-electron chi connectivity index (χ4n) is 2.88. The van der Waals surface area contributed by atoms with Gasteiger partial charge in [0, 0.05) is 22.5 Å².